The van der Waals surface area contributed by atoms with Crippen molar-refractivity contribution in [1.29, 1.82) is 5.26 Å². The summed E-state index contributed by atoms with van der Waals surface area (Å²) in [5, 5.41) is 12.4. The van der Waals surface area contributed by atoms with Crippen LogP contribution in [0.3, 0.4) is 0 Å². The number of likely N-dealkylation sites (tertiary alicyclic amines) is 1. The molecule has 6 heterocycles. The van der Waals surface area contributed by atoms with Crippen molar-refractivity contribution in [2.75, 3.05) is 62.7 Å². The van der Waals surface area contributed by atoms with Crippen molar-refractivity contribution >= 4 is 46.1 Å². The second kappa shape index (κ2) is 19.3. The lowest BCUT2D eigenvalue weighted by atomic mass is 9.77. The minimum absolute atomic E-state index is 0.136. The predicted octanol–water partition coefficient (Wildman–Crippen LogP) is 7.53. The highest BCUT2D eigenvalue weighted by Gasteiger charge is 2.35. The lowest BCUT2D eigenvalue weighted by Gasteiger charge is -2.42. The fraction of sp³-hybridized carbons (Fsp3) is 0.490. The lowest BCUT2D eigenvalue weighted by Crippen LogP contribution is -2.44. The summed E-state index contributed by atoms with van der Waals surface area (Å²) in [5.41, 5.74) is 3.83. The predicted molar refractivity (Wildman–Crippen MR) is 255 cm³/mol. The molecule has 0 saturated carbocycles. The zero-order chi connectivity index (χ0) is 47.0. The number of amides is 2. The Morgan fingerprint density at radius 1 is 0.866 bits per heavy atom. The lowest BCUT2D eigenvalue weighted by molar-refractivity contribution is -0.135. The third-order valence-corrected chi connectivity index (χ3v) is 15.3. The molecule has 14 nitrogen and oxygen atoms in total. The molecule has 0 aliphatic carbocycles. The first-order chi connectivity index (χ1) is 32.3. The van der Waals surface area contributed by atoms with Gasteiger partial charge in [-0.25, -0.2) is 19.2 Å². The molecule has 16 heteroatoms. The second-order valence-corrected chi connectivity index (χ2v) is 19.7. The Bertz CT molecular complexity index is 2740. The number of halogens is 2. The van der Waals surface area contributed by atoms with Crippen molar-refractivity contribution in [3.63, 3.8) is 0 Å². The van der Waals surface area contributed by atoms with Crippen LogP contribution in [-0.2, 0) is 28.7 Å². The molecule has 352 valence electrons. The zero-order valence-electron chi connectivity index (χ0n) is 38.8. The van der Waals surface area contributed by atoms with Gasteiger partial charge in [-0.05, 0) is 123 Å². The molecule has 5 aromatic rings. The Morgan fingerprint density at radius 3 is 2.22 bits per heavy atom. The molecule has 1 N–H and O–H groups in total. The minimum atomic E-state index is -0.847. The van der Waals surface area contributed by atoms with E-state index in [-0.39, 0.29) is 18.7 Å². The molecule has 1 atom stereocenters. The number of nitrogens with zero attached hydrogens (tertiary/aromatic N) is 8. The van der Waals surface area contributed by atoms with Crippen LogP contribution in [0, 0.1) is 34.9 Å². The van der Waals surface area contributed by atoms with Crippen LogP contribution in [0.2, 0.25) is 5.02 Å². The fourth-order valence-corrected chi connectivity index (χ4v) is 11.2. The van der Waals surface area contributed by atoms with Gasteiger partial charge in [0.2, 0.25) is 17.8 Å². The summed E-state index contributed by atoms with van der Waals surface area (Å²) in [6.45, 7) is 11.2. The van der Waals surface area contributed by atoms with Gasteiger partial charge in [-0.1, -0.05) is 37.6 Å². The van der Waals surface area contributed by atoms with Crippen LogP contribution < -0.4 is 30.3 Å². The first-order valence-corrected chi connectivity index (χ1v) is 24.0. The number of carbonyl (C=O) groups is 2. The third kappa shape index (κ3) is 9.48. The van der Waals surface area contributed by atoms with Crippen molar-refractivity contribution in [2.45, 2.75) is 83.3 Å². The number of rotatable bonds is 12. The van der Waals surface area contributed by atoms with E-state index in [1.165, 1.54) is 35.2 Å². The van der Waals surface area contributed by atoms with E-state index in [4.69, 9.17) is 26.1 Å². The maximum Gasteiger partial charge on any atom is 0.329 e. The van der Waals surface area contributed by atoms with Crippen LogP contribution in [0.5, 0.6) is 11.5 Å². The number of hydrogen-bond donors (Lipinski definition) is 1. The average molecular weight is 933 g/mol. The highest BCUT2D eigenvalue weighted by molar-refractivity contribution is 6.32. The van der Waals surface area contributed by atoms with E-state index in [1.54, 1.807) is 13.1 Å². The van der Waals surface area contributed by atoms with E-state index >= 15 is 4.39 Å². The number of anilines is 2. The van der Waals surface area contributed by atoms with E-state index in [0.717, 1.165) is 100 Å². The van der Waals surface area contributed by atoms with Crippen LogP contribution in [-0.4, -0.2) is 88.7 Å². The molecule has 3 aromatic carbocycles. The Hall–Kier alpha value is -5.98. The molecule has 4 aliphatic heterocycles. The molecule has 67 heavy (non-hydrogen) atoms. The summed E-state index contributed by atoms with van der Waals surface area (Å²) in [4.78, 5) is 54.2. The Morgan fingerprint density at radius 2 is 1.55 bits per heavy atom. The maximum absolute atomic E-state index is 15.8. The van der Waals surface area contributed by atoms with Gasteiger partial charge in [-0.2, -0.15) is 5.26 Å². The Labute approximate surface area is 395 Å². The van der Waals surface area contributed by atoms with Gasteiger partial charge in [0.25, 0.3) is 0 Å². The Balaban J connectivity index is 0.715. The van der Waals surface area contributed by atoms with E-state index in [0.29, 0.717) is 57.4 Å². The Kier molecular flexibility index (Phi) is 13.3. The smallest absolute Gasteiger partial charge is 0.329 e. The van der Waals surface area contributed by atoms with Crippen molar-refractivity contribution in [1.82, 2.24) is 29.3 Å². The van der Waals surface area contributed by atoms with Crippen molar-refractivity contribution in [3.05, 3.63) is 105 Å². The zero-order valence-corrected chi connectivity index (χ0v) is 39.5. The molecule has 4 fully saturated rings. The number of carbonyl (C=O) groups excluding carboxylic acids is 2. The number of imide groups is 1. The topological polar surface area (TPSA) is 151 Å². The molecule has 4 saturated heterocycles. The highest BCUT2D eigenvalue weighted by atomic mass is 35.5. The van der Waals surface area contributed by atoms with Gasteiger partial charge in [0.1, 0.15) is 30.3 Å². The van der Waals surface area contributed by atoms with E-state index < -0.39 is 28.9 Å². The van der Waals surface area contributed by atoms with Crippen LogP contribution in [0.1, 0.15) is 93.6 Å². The largest absolute Gasteiger partial charge is 0.494 e. The van der Waals surface area contributed by atoms with Gasteiger partial charge in [0, 0.05) is 63.9 Å². The fourth-order valence-electron chi connectivity index (χ4n) is 10.9. The number of methoxy groups -OCH3 is 1. The SMILES string of the molecule is COc1c(Cl)cc(C(C)(C)c2ccc(OCc3ccnc(N4CCC(CN5CCC(C6CCN(c7cc8c(cc7F)n(C7CCC(=O)NC7=O)c(=O)n8C)CC6)CC5)CC4)n3)cc2)cc1C#N. The van der Waals surface area contributed by atoms with Crippen LogP contribution in [0.4, 0.5) is 16.0 Å². The number of ether oxygens (including phenoxy) is 2. The molecule has 1 unspecified atom stereocenters. The average Bonchev–Trinajstić information content (AvgIpc) is 3.57. The molecular weight excluding hydrogens is 873 g/mol. The van der Waals surface area contributed by atoms with Crippen molar-refractivity contribution in [3.8, 4) is 17.6 Å². The first-order valence-electron chi connectivity index (χ1n) is 23.6. The van der Waals surface area contributed by atoms with Crippen molar-refractivity contribution < 1.29 is 23.5 Å². The highest BCUT2D eigenvalue weighted by Crippen LogP contribution is 2.40. The number of hydrogen-bond acceptors (Lipinski definition) is 11. The number of aryl methyl sites for hydroxylation is 1. The van der Waals surface area contributed by atoms with E-state index in [1.807, 2.05) is 48.7 Å². The van der Waals surface area contributed by atoms with E-state index in [2.05, 4.69) is 44.9 Å². The van der Waals surface area contributed by atoms with Crippen LogP contribution in [0.25, 0.3) is 11.0 Å². The monoisotopic (exact) mass is 931 g/mol. The summed E-state index contributed by atoms with van der Waals surface area (Å²) in [6.07, 6.45) is 8.75. The normalized spacial score (nSPS) is 19.4. The number of piperidine rings is 4. The number of aromatic nitrogens is 4. The molecule has 0 radical (unpaired) electrons. The van der Waals surface area contributed by atoms with Gasteiger partial charge >= 0.3 is 5.69 Å². The van der Waals surface area contributed by atoms with Gasteiger partial charge in [0.05, 0.1) is 40.1 Å². The van der Waals surface area contributed by atoms with Gasteiger partial charge in [-0.15, -0.1) is 0 Å². The van der Waals surface area contributed by atoms with Crippen LogP contribution >= 0.6 is 11.6 Å². The summed E-state index contributed by atoms with van der Waals surface area (Å²) < 4.78 is 30.1. The molecule has 0 bridgehead atoms. The standard InChI is InChI=1S/C51H59ClFN9O5/c1-51(2,37-25-35(29-54)47(66-4)40(52)26-37)36-5-7-39(8-6-36)67-31-38-11-18-55-49(56-38)61-21-12-32(13-22-61)30-59-19-14-33(15-20-59)34-16-23-60(24-17-34)43-28-44-45(27-41(43)53)62(50(65)58(44)3)42-9-10-46(63)57-48(42)64/h5-8,11,18,25-28,32-34,42H,9-10,12-17,19-24,30-31H2,1-4H3,(H,57,63,64). The molecule has 0 spiro atoms. The van der Waals surface area contributed by atoms with E-state index in [9.17, 15) is 19.6 Å². The first kappa shape index (κ1) is 46.1. The minimum Gasteiger partial charge on any atom is -0.494 e. The number of nitriles is 1. The summed E-state index contributed by atoms with van der Waals surface area (Å²) in [7, 11) is 3.15. The summed E-state index contributed by atoms with van der Waals surface area (Å²) in [6, 6.07) is 18.1. The third-order valence-electron chi connectivity index (χ3n) is 15.0. The molecule has 4 aliphatic rings. The van der Waals surface area contributed by atoms with Gasteiger partial charge < -0.3 is 24.2 Å². The number of fused-ring (bicyclic) bond motifs is 1. The summed E-state index contributed by atoms with van der Waals surface area (Å²) in [5.74, 6) is 2.49. The molecule has 2 aromatic heterocycles. The second-order valence-electron chi connectivity index (χ2n) is 19.3. The molecule has 2 amide bonds. The summed E-state index contributed by atoms with van der Waals surface area (Å²) >= 11 is 6.47. The maximum atomic E-state index is 15.8. The molecule has 9 rings (SSSR count). The molecular formula is C51H59ClFN9O5. The number of benzene rings is 3. The van der Waals surface area contributed by atoms with Crippen molar-refractivity contribution in [2.24, 2.45) is 24.8 Å². The van der Waals surface area contributed by atoms with Crippen LogP contribution in [0.15, 0.2) is 65.6 Å². The van der Waals surface area contributed by atoms with Gasteiger partial charge in [-0.3, -0.25) is 24.0 Å². The van der Waals surface area contributed by atoms with Gasteiger partial charge in [0.15, 0.2) is 5.75 Å². The number of imidazole rings is 1. The number of nitrogens with one attached hydrogen (secondary N) is 1. The quantitative estimate of drug-likeness (QED) is 0.124.